The van der Waals surface area contributed by atoms with Crippen molar-refractivity contribution in [3.63, 3.8) is 0 Å². The summed E-state index contributed by atoms with van der Waals surface area (Å²) in [5.74, 6) is -0.290. The van der Waals surface area contributed by atoms with Gasteiger partial charge in [-0.25, -0.2) is 4.79 Å². The molecular formula is C19H15NO3. The Hall–Kier alpha value is -3.01. The third-order valence-corrected chi connectivity index (χ3v) is 4.34. The van der Waals surface area contributed by atoms with Crippen LogP contribution in [-0.4, -0.2) is 10.1 Å². The lowest BCUT2D eigenvalue weighted by atomic mass is 9.92. The number of rotatable bonds is 2. The molecule has 0 aliphatic carbocycles. The Morgan fingerprint density at radius 2 is 1.74 bits per heavy atom. The van der Waals surface area contributed by atoms with Crippen molar-refractivity contribution in [2.24, 2.45) is 0 Å². The van der Waals surface area contributed by atoms with E-state index < -0.39 is 5.63 Å². The van der Waals surface area contributed by atoms with Crippen LogP contribution in [0, 0.1) is 0 Å². The second-order valence-electron chi connectivity index (χ2n) is 5.66. The van der Waals surface area contributed by atoms with Crippen LogP contribution in [0.5, 0.6) is 5.75 Å². The molecule has 0 spiro atoms. The molecule has 4 heteroatoms. The average Bonchev–Trinajstić information content (AvgIpc) is 2.99. The van der Waals surface area contributed by atoms with Gasteiger partial charge in [-0.05, 0) is 23.8 Å². The number of para-hydroxylation sites is 2. The topological polar surface area (TPSA) is 66.2 Å². The Bertz CT molecular complexity index is 1070. The van der Waals surface area contributed by atoms with E-state index in [0.29, 0.717) is 11.0 Å². The van der Waals surface area contributed by atoms with E-state index in [4.69, 9.17) is 4.42 Å². The molecule has 114 valence electrons. The maximum Gasteiger partial charge on any atom is 0.343 e. The van der Waals surface area contributed by atoms with Crippen molar-refractivity contribution < 1.29 is 9.52 Å². The minimum atomic E-state index is -0.501. The summed E-state index contributed by atoms with van der Waals surface area (Å²) in [7, 11) is 0. The zero-order chi connectivity index (χ0) is 16.0. The lowest BCUT2D eigenvalue weighted by Crippen LogP contribution is -2.12. The van der Waals surface area contributed by atoms with E-state index in [1.165, 1.54) is 0 Å². The predicted octanol–water partition coefficient (Wildman–Crippen LogP) is 4.13. The third kappa shape index (κ3) is 2.03. The van der Waals surface area contributed by atoms with E-state index in [1.54, 1.807) is 18.2 Å². The lowest BCUT2D eigenvalue weighted by Gasteiger charge is -2.13. The van der Waals surface area contributed by atoms with E-state index >= 15 is 0 Å². The zero-order valence-corrected chi connectivity index (χ0v) is 12.5. The largest absolute Gasteiger partial charge is 0.507 e. The van der Waals surface area contributed by atoms with E-state index in [2.05, 4.69) is 4.98 Å². The number of fused-ring (bicyclic) bond motifs is 2. The van der Waals surface area contributed by atoms with Gasteiger partial charge < -0.3 is 14.5 Å². The third-order valence-electron chi connectivity index (χ3n) is 4.34. The highest BCUT2D eigenvalue weighted by molar-refractivity contribution is 5.86. The Labute approximate surface area is 132 Å². The summed E-state index contributed by atoms with van der Waals surface area (Å²) in [5, 5.41) is 12.2. The molecule has 0 aliphatic rings. The SMILES string of the molecule is CC(c1c(O)c2ccccc2oc1=O)c1c[nH]c2ccccc12. The lowest BCUT2D eigenvalue weighted by molar-refractivity contribution is 0.454. The smallest absolute Gasteiger partial charge is 0.343 e. The first-order valence-electron chi connectivity index (χ1n) is 7.47. The molecule has 4 nitrogen and oxygen atoms in total. The minimum Gasteiger partial charge on any atom is -0.507 e. The van der Waals surface area contributed by atoms with E-state index in [1.807, 2.05) is 43.5 Å². The second kappa shape index (κ2) is 5.02. The van der Waals surface area contributed by atoms with Gasteiger partial charge in [-0.1, -0.05) is 37.3 Å². The number of aromatic amines is 1. The van der Waals surface area contributed by atoms with Gasteiger partial charge in [-0.15, -0.1) is 0 Å². The van der Waals surface area contributed by atoms with Gasteiger partial charge in [0.05, 0.1) is 10.9 Å². The average molecular weight is 305 g/mol. The fourth-order valence-electron chi connectivity index (χ4n) is 3.14. The maximum atomic E-state index is 12.4. The summed E-state index contributed by atoms with van der Waals surface area (Å²) in [5.41, 5.74) is 2.13. The van der Waals surface area contributed by atoms with Crippen molar-refractivity contribution in [3.8, 4) is 5.75 Å². The molecule has 0 aliphatic heterocycles. The Kier molecular flexibility index (Phi) is 2.98. The van der Waals surface area contributed by atoms with Gasteiger partial charge in [0.15, 0.2) is 0 Å². The summed E-state index contributed by atoms with van der Waals surface area (Å²) < 4.78 is 5.38. The standard InChI is InChI=1S/C19H15NO3/c1-11(14-10-20-15-8-4-2-6-12(14)15)17-18(21)13-7-3-5-9-16(13)23-19(17)22/h2-11,20-21H,1H3. The number of aromatic nitrogens is 1. The zero-order valence-electron chi connectivity index (χ0n) is 12.5. The van der Waals surface area contributed by atoms with Gasteiger partial charge in [0.25, 0.3) is 0 Å². The molecule has 2 aromatic carbocycles. The molecule has 4 rings (SSSR count). The van der Waals surface area contributed by atoms with Crippen molar-refractivity contribution in [3.05, 3.63) is 76.3 Å². The van der Waals surface area contributed by atoms with Crippen LogP contribution in [0.3, 0.4) is 0 Å². The van der Waals surface area contributed by atoms with Gasteiger partial charge in [0.2, 0.25) is 0 Å². The fraction of sp³-hybridized carbons (Fsp3) is 0.105. The number of hydrogen-bond donors (Lipinski definition) is 2. The van der Waals surface area contributed by atoms with Crippen LogP contribution in [-0.2, 0) is 0 Å². The van der Waals surface area contributed by atoms with E-state index in [-0.39, 0.29) is 17.2 Å². The predicted molar refractivity (Wildman–Crippen MR) is 90.0 cm³/mol. The normalized spacial score (nSPS) is 12.7. The Morgan fingerprint density at radius 3 is 2.57 bits per heavy atom. The Balaban J connectivity index is 1.97. The number of hydrogen-bond acceptors (Lipinski definition) is 3. The Morgan fingerprint density at radius 1 is 1.04 bits per heavy atom. The summed E-state index contributed by atoms with van der Waals surface area (Å²) in [4.78, 5) is 15.6. The van der Waals surface area contributed by atoms with Crippen LogP contribution in [0.2, 0.25) is 0 Å². The van der Waals surface area contributed by atoms with Crippen LogP contribution in [0.1, 0.15) is 24.0 Å². The van der Waals surface area contributed by atoms with Crippen LogP contribution in [0.25, 0.3) is 21.9 Å². The van der Waals surface area contributed by atoms with Crippen molar-refractivity contribution >= 4 is 21.9 Å². The van der Waals surface area contributed by atoms with Gasteiger partial charge in [0.1, 0.15) is 11.3 Å². The van der Waals surface area contributed by atoms with Crippen LogP contribution in [0.15, 0.2) is 63.9 Å². The molecule has 1 unspecified atom stereocenters. The van der Waals surface area contributed by atoms with Crippen molar-refractivity contribution in [1.82, 2.24) is 4.98 Å². The molecule has 0 fully saturated rings. The number of aromatic hydroxyl groups is 1. The highest BCUT2D eigenvalue weighted by atomic mass is 16.4. The molecule has 0 radical (unpaired) electrons. The highest BCUT2D eigenvalue weighted by Crippen LogP contribution is 2.36. The minimum absolute atomic E-state index is 0.00497. The monoisotopic (exact) mass is 305 g/mol. The molecule has 4 aromatic rings. The molecule has 1 atom stereocenters. The fourth-order valence-corrected chi connectivity index (χ4v) is 3.14. The van der Waals surface area contributed by atoms with Gasteiger partial charge >= 0.3 is 5.63 Å². The van der Waals surface area contributed by atoms with Crippen molar-refractivity contribution in [1.29, 1.82) is 0 Å². The molecule has 2 N–H and O–H groups in total. The molecule has 2 heterocycles. The van der Waals surface area contributed by atoms with Gasteiger partial charge in [0, 0.05) is 23.0 Å². The molecule has 0 amide bonds. The van der Waals surface area contributed by atoms with Crippen LogP contribution >= 0.6 is 0 Å². The first-order chi connectivity index (χ1) is 11.2. The molecule has 0 saturated heterocycles. The molecule has 0 saturated carbocycles. The highest BCUT2D eigenvalue weighted by Gasteiger charge is 2.22. The summed E-state index contributed by atoms with van der Waals surface area (Å²) in [6.45, 7) is 1.90. The summed E-state index contributed by atoms with van der Waals surface area (Å²) in [6, 6.07) is 14.9. The van der Waals surface area contributed by atoms with Crippen molar-refractivity contribution in [2.75, 3.05) is 0 Å². The van der Waals surface area contributed by atoms with Crippen LogP contribution in [0.4, 0.5) is 0 Å². The van der Waals surface area contributed by atoms with Crippen LogP contribution < -0.4 is 5.63 Å². The molecule has 0 bridgehead atoms. The maximum absolute atomic E-state index is 12.4. The number of nitrogens with one attached hydrogen (secondary N) is 1. The van der Waals surface area contributed by atoms with Gasteiger partial charge in [-0.3, -0.25) is 0 Å². The first kappa shape index (κ1) is 13.6. The molecular weight excluding hydrogens is 290 g/mol. The summed E-state index contributed by atoms with van der Waals surface area (Å²) >= 11 is 0. The number of benzene rings is 2. The quantitative estimate of drug-likeness (QED) is 0.547. The van der Waals surface area contributed by atoms with Gasteiger partial charge in [-0.2, -0.15) is 0 Å². The molecule has 2 aromatic heterocycles. The van der Waals surface area contributed by atoms with E-state index in [9.17, 15) is 9.90 Å². The van der Waals surface area contributed by atoms with Crippen molar-refractivity contribution in [2.45, 2.75) is 12.8 Å². The second-order valence-corrected chi connectivity index (χ2v) is 5.66. The number of H-pyrrole nitrogens is 1. The van der Waals surface area contributed by atoms with E-state index in [0.717, 1.165) is 16.5 Å². The first-order valence-corrected chi connectivity index (χ1v) is 7.47. The summed E-state index contributed by atoms with van der Waals surface area (Å²) in [6.07, 6.45) is 1.88. The molecule has 23 heavy (non-hydrogen) atoms.